The lowest BCUT2D eigenvalue weighted by atomic mass is 10.1. The summed E-state index contributed by atoms with van der Waals surface area (Å²) >= 11 is 0. The van der Waals surface area contributed by atoms with E-state index in [0.29, 0.717) is 5.69 Å². The van der Waals surface area contributed by atoms with Crippen LogP contribution < -0.4 is 10.9 Å². The maximum atomic E-state index is 12.3. The maximum absolute atomic E-state index is 12.3. The van der Waals surface area contributed by atoms with E-state index >= 15 is 0 Å². The first-order valence-electron chi connectivity index (χ1n) is 7.32. The number of hydrogen-bond acceptors (Lipinski definition) is 2. The molecule has 3 rings (SSSR count). The molecule has 0 atom stereocenters. The zero-order valence-electron chi connectivity index (χ0n) is 12.0. The second kappa shape index (κ2) is 5.56. The van der Waals surface area contributed by atoms with Gasteiger partial charge in [-0.2, -0.15) is 0 Å². The average Bonchev–Trinajstić information content (AvgIpc) is 2.94. The Hall–Kier alpha value is -2.36. The summed E-state index contributed by atoms with van der Waals surface area (Å²) < 4.78 is 0. The lowest BCUT2D eigenvalue weighted by Crippen LogP contribution is -2.24. The van der Waals surface area contributed by atoms with Gasteiger partial charge >= 0.3 is 0 Å². The molecule has 4 nitrogen and oxygen atoms in total. The summed E-state index contributed by atoms with van der Waals surface area (Å²) in [5, 5.41) is 2.78. The standard InChI is InChI=1S/C17H18N2O2/c1-2-11-6-8-13(9-7-11)18-16(20)14-10-12-4-3-5-15(12)19-17(14)21/h6-10H,2-5H2,1H3,(H,18,20)(H,19,21). The van der Waals surface area contributed by atoms with E-state index in [4.69, 9.17) is 0 Å². The maximum Gasteiger partial charge on any atom is 0.261 e. The summed E-state index contributed by atoms with van der Waals surface area (Å²) in [5.74, 6) is -0.352. The van der Waals surface area contributed by atoms with E-state index in [1.54, 1.807) is 6.07 Å². The minimum Gasteiger partial charge on any atom is -0.325 e. The molecule has 0 saturated carbocycles. The smallest absolute Gasteiger partial charge is 0.261 e. The Kier molecular flexibility index (Phi) is 3.60. The zero-order valence-corrected chi connectivity index (χ0v) is 12.0. The first-order chi connectivity index (χ1) is 10.2. The van der Waals surface area contributed by atoms with Crippen molar-refractivity contribution in [3.8, 4) is 0 Å². The zero-order chi connectivity index (χ0) is 14.8. The number of aromatic nitrogens is 1. The normalized spacial score (nSPS) is 13.0. The van der Waals surface area contributed by atoms with Gasteiger partial charge in [-0.3, -0.25) is 9.59 Å². The third-order valence-electron chi connectivity index (χ3n) is 3.95. The summed E-state index contributed by atoms with van der Waals surface area (Å²) in [6.45, 7) is 2.08. The number of aryl methyl sites for hydroxylation is 3. The van der Waals surface area contributed by atoms with Gasteiger partial charge in [0.25, 0.3) is 11.5 Å². The molecule has 108 valence electrons. The highest BCUT2D eigenvalue weighted by atomic mass is 16.2. The molecule has 1 aliphatic rings. The lowest BCUT2D eigenvalue weighted by Gasteiger charge is -2.07. The number of carbonyl (C=O) groups is 1. The molecule has 0 radical (unpaired) electrons. The van der Waals surface area contributed by atoms with Gasteiger partial charge in [-0.15, -0.1) is 0 Å². The van der Waals surface area contributed by atoms with Crippen LogP contribution in [0.1, 0.15) is 40.5 Å². The molecule has 2 aromatic rings. The second-order valence-corrected chi connectivity index (χ2v) is 5.37. The topological polar surface area (TPSA) is 62.0 Å². The summed E-state index contributed by atoms with van der Waals surface area (Å²) in [6.07, 6.45) is 3.82. The van der Waals surface area contributed by atoms with Crippen LogP contribution in [-0.2, 0) is 19.3 Å². The molecular formula is C17H18N2O2. The summed E-state index contributed by atoms with van der Waals surface area (Å²) in [6, 6.07) is 9.40. The number of pyridine rings is 1. The Morgan fingerprint density at radius 1 is 1.24 bits per heavy atom. The molecule has 0 aliphatic heterocycles. The number of carbonyl (C=O) groups excluding carboxylic acids is 1. The molecule has 4 heteroatoms. The summed E-state index contributed by atoms with van der Waals surface area (Å²) in [5.41, 5.74) is 3.86. The van der Waals surface area contributed by atoms with Crippen LogP contribution in [0.15, 0.2) is 35.1 Å². The van der Waals surface area contributed by atoms with Crippen LogP contribution in [-0.4, -0.2) is 10.9 Å². The second-order valence-electron chi connectivity index (χ2n) is 5.37. The minimum absolute atomic E-state index is 0.190. The molecule has 0 bridgehead atoms. The molecular weight excluding hydrogens is 264 g/mol. The molecule has 0 spiro atoms. The highest BCUT2D eigenvalue weighted by Gasteiger charge is 2.18. The van der Waals surface area contributed by atoms with Gasteiger partial charge in [0.2, 0.25) is 0 Å². The Balaban J connectivity index is 1.83. The van der Waals surface area contributed by atoms with Gasteiger partial charge in [0.15, 0.2) is 0 Å². The number of amides is 1. The largest absolute Gasteiger partial charge is 0.325 e. The van der Waals surface area contributed by atoms with E-state index in [1.165, 1.54) is 5.56 Å². The molecule has 1 aliphatic carbocycles. The highest BCUT2D eigenvalue weighted by Crippen LogP contribution is 2.19. The van der Waals surface area contributed by atoms with Crippen LogP contribution in [0.3, 0.4) is 0 Å². The quantitative estimate of drug-likeness (QED) is 0.909. The van der Waals surface area contributed by atoms with Crippen molar-refractivity contribution < 1.29 is 4.79 Å². The molecule has 0 saturated heterocycles. The van der Waals surface area contributed by atoms with Crippen molar-refractivity contribution in [3.63, 3.8) is 0 Å². The third kappa shape index (κ3) is 2.75. The SMILES string of the molecule is CCc1ccc(NC(=O)c2cc3c([nH]c2=O)CCC3)cc1. The Morgan fingerprint density at radius 3 is 2.71 bits per heavy atom. The van der Waals surface area contributed by atoms with Gasteiger partial charge in [-0.1, -0.05) is 19.1 Å². The van der Waals surface area contributed by atoms with Crippen LogP contribution >= 0.6 is 0 Å². The van der Waals surface area contributed by atoms with Crippen molar-refractivity contribution >= 4 is 11.6 Å². The third-order valence-corrected chi connectivity index (χ3v) is 3.95. The van der Waals surface area contributed by atoms with Crippen LogP contribution in [0, 0.1) is 0 Å². The minimum atomic E-state index is -0.352. The fourth-order valence-corrected chi connectivity index (χ4v) is 2.70. The van der Waals surface area contributed by atoms with Crippen molar-refractivity contribution in [2.45, 2.75) is 32.6 Å². The fraction of sp³-hybridized carbons (Fsp3) is 0.294. The number of rotatable bonds is 3. The lowest BCUT2D eigenvalue weighted by molar-refractivity contribution is 0.102. The van der Waals surface area contributed by atoms with E-state index in [0.717, 1.165) is 36.9 Å². The van der Waals surface area contributed by atoms with Crippen molar-refractivity contribution in [1.29, 1.82) is 0 Å². The van der Waals surface area contributed by atoms with E-state index < -0.39 is 0 Å². The van der Waals surface area contributed by atoms with Crippen LogP contribution in [0.4, 0.5) is 5.69 Å². The number of anilines is 1. The first kappa shape index (κ1) is 13.6. The number of benzene rings is 1. The van der Waals surface area contributed by atoms with Crippen molar-refractivity contribution in [3.05, 3.63) is 63.1 Å². The van der Waals surface area contributed by atoms with Gasteiger partial charge in [0.05, 0.1) is 0 Å². The Bertz CT molecular complexity index is 729. The van der Waals surface area contributed by atoms with Crippen molar-refractivity contribution in [2.75, 3.05) is 5.32 Å². The van der Waals surface area contributed by atoms with Gasteiger partial charge < -0.3 is 10.3 Å². The predicted molar refractivity (Wildman–Crippen MR) is 82.9 cm³/mol. The molecule has 1 aromatic heterocycles. The van der Waals surface area contributed by atoms with Gasteiger partial charge in [-0.05, 0) is 55.0 Å². The number of hydrogen-bond donors (Lipinski definition) is 2. The van der Waals surface area contributed by atoms with E-state index in [2.05, 4.69) is 17.2 Å². The van der Waals surface area contributed by atoms with Crippen molar-refractivity contribution in [1.82, 2.24) is 4.98 Å². The van der Waals surface area contributed by atoms with E-state index in [-0.39, 0.29) is 17.0 Å². The van der Waals surface area contributed by atoms with Gasteiger partial charge in [0.1, 0.15) is 5.56 Å². The van der Waals surface area contributed by atoms with Crippen LogP contribution in [0.5, 0.6) is 0 Å². The van der Waals surface area contributed by atoms with Crippen LogP contribution in [0.2, 0.25) is 0 Å². The first-order valence-corrected chi connectivity index (χ1v) is 7.32. The summed E-state index contributed by atoms with van der Waals surface area (Å²) in [7, 11) is 0. The Labute approximate surface area is 123 Å². The monoisotopic (exact) mass is 282 g/mol. The summed E-state index contributed by atoms with van der Waals surface area (Å²) in [4.78, 5) is 27.1. The molecule has 21 heavy (non-hydrogen) atoms. The fourth-order valence-electron chi connectivity index (χ4n) is 2.70. The molecule has 2 N–H and O–H groups in total. The molecule has 0 fully saturated rings. The van der Waals surface area contributed by atoms with E-state index in [9.17, 15) is 9.59 Å². The molecule has 1 amide bonds. The molecule has 1 heterocycles. The number of H-pyrrole nitrogens is 1. The highest BCUT2D eigenvalue weighted by molar-refractivity contribution is 6.04. The number of fused-ring (bicyclic) bond motifs is 1. The number of nitrogens with one attached hydrogen (secondary N) is 2. The average molecular weight is 282 g/mol. The molecule has 0 unspecified atom stereocenters. The Morgan fingerprint density at radius 2 is 2.00 bits per heavy atom. The van der Waals surface area contributed by atoms with Gasteiger partial charge in [0, 0.05) is 11.4 Å². The number of aromatic amines is 1. The predicted octanol–water partition coefficient (Wildman–Crippen LogP) is 2.68. The molecule has 1 aromatic carbocycles. The van der Waals surface area contributed by atoms with Crippen molar-refractivity contribution in [2.24, 2.45) is 0 Å². The van der Waals surface area contributed by atoms with Gasteiger partial charge in [-0.25, -0.2) is 0 Å². The van der Waals surface area contributed by atoms with E-state index in [1.807, 2.05) is 24.3 Å². The van der Waals surface area contributed by atoms with Crippen LogP contribution in [0.25, 0.3) is 0 Å².